The first-order chi connectivity index (χ1) is 12.6. The molecular weight excluding hydrogens is 332 g/mol. The Morgan fingerprint density at radius 2 is 1.58 bits per heavy atom. The van der Waals surface area contributed by atoms with Crippen molar-refractivity contribution >= 4 is 23.4 Å². The van der Waals surface area contributed by atoms with Gasteiger partial charge in [0.05, 0.1) is 43.9 Å². The summed E-state index contributed by atoms with van der Waals surface area (Å²) in [4.78, 5) is 12.9. The van der Waals surface area contributed by atoms with Crippen LogP contribution in [-0.2, 0) is 4.79 Å². The van der Waals surface area contributed by atoms with Crippen LogP contribution < -0.4 is 19.2 Å². The first kappa shape index (κ1) is 17.5. The van der Waals surface area contributed by atoms with Crippen LogP contribution in [0.5, 0.6) is 17.2 Å². The summed E-state index contributed by atoms with van der Waals surface area (Å²) >= 11 is 0. The molecule has 134 valence electrons. The van der Waals surface area contributed by atoms with Crippen molar-refractivity contribution in [2.75, 3.05) is 26.3 Å². The van der Waals surface area contributed by atoms with Gasteiger partial charge in [0.2, 0.25) is 0 Å². The lowest BCUT2D eigenvalue weighted by Gasteiger charge is -2.14. The van der Waals surface area contributed by atoms with E-state index in [0.29, 0.717) is 39.8 Å². The second kappa shape index (κ2) is 7.31. The van der Waals surface area contributed by atoms with Crippen LogP contribution >= 0.6 is 0 Å². The minimum Gasteiger partial charge on any atom is -0.496 e. The molecule has 1 amide bonds. The highest BCUT2D eigenvalue weighted by Crippen LogP contribution is 2.37. The second-order valence-electron chi connectivity index (χ2n) is 5.64. The fraction of sp³-hybridized carbons (Fsp3) is 0.200. The average Bonchev–Trinajstić information content (AvgIpc) is 2.96. The van der Waals surface area contributed by atoms with Gasteiger partial charge in [-0.25, -0.2) is 0 Å². The van der Waals surface area contributed by atoms with E-state index in [4.69, 9.17) is 14.2 Å². The standard InChI is InChI=1S/C20H20N2O4/c1-13-16(20(23)22(21-13)14-8-6-5-7-9-14)12-17-18(25-3)10-15(24-2)11-19(17)26-4/h5-12H,1-4H3. The Morgan fingerprint density at radius 1 is 0.962 bits per heavy atom. The van der Waals surface area contributed by atoms with Crippen molar-refractivity contribution in [3.8, 4) is 17.2 Å². The number of anilines is 1. The number of methoxy groups -OCH3 is 3. The van der Waals surface area contributed by atoms with Crippen LogP contribution in [0.1, 0.15) is 12.5 Å². The number of hydrogen-bond acceptors (Lipinski definition) is 5. The highest BCUT2D eigenvalue weighted by atomic mass is 16.5. The number of hydrazone groups is 1. The zero-order chi connectivity index (χ0) is 18.7. The minimum atomic E-state index is -0.200. The molecule has 0 atom stereocenters. The molecule has 0 radical (unpaired) electrons. The first-order valence-corrected chi connectivity index (χ1v) is 8.05. The van der Waals surface area contributed by atoms with Crippen LogP contribution in [0.3, 0.4) is 0 Å². The minimum absolute atomic E-state index is 0.200. The monoisotopic (exact) mass is 352 g/mol. The third-order valence-electron chi connectivity index (χ3n) is 4.11. The lowest BCUT2D eigenvalue weighted by Crippen LogP contribution is -2.21. The van der Waals surface area contributed by atoms with Crippen molar-refractivity contribution < 1.29 is 19.0 Å². The van der Waals surface area contributed by atoms with Gasteiger partial charge in [-0.1, -0.05) is 18.2 Å². The SMILES string of the molecule is COc1cc(OC)c(C=C2C(=O)N(c3ccccc3)N=C2C)c(OC)c1. The number of nitrogens with zero attached hydrogens (tertiary/aromatic N) is 2. The third-order valence-corrected chi connectivity index (χ3v) is 4.11. The number of amides is 1. The molecule has 0 bridgehead atoms. The Labute approximate surface area is 152 Å². The van der Waals surface area contributed by atoms with E-state index in [2.05, 4.69) is 5.10 Å². The Hall–Kier alpha value is -3.28. The topological polar surface area (TPSA) is 60.4 Å². The van der Waals surface area contributed by atoms with Gasteiger partial charge in [-0.3, -0.25) is 4.79 Å². The van der Waals surface area contributed by atoms with Crippen LogP contribution in [0.4, 0.5) is 5.69 Å². The molecular formula is C20H20N2O4. The van der Waals surface area contributed by atoms with Gasteiger partial charge in [0.1, 0.15) is 17.2 Å². The molecule has 2 aromatic carbocycles. The highest BCUT2D eigenvalue weighted by molar-refractivity contribution is 6.32. The van der Waals surface area contributed by atoms with Crippen molar-refractivity contribution in [3.63, 3.8) is 0 Å². The van der Waals surface area contributed by atoms with Crippen LogP contribution in [0.15, 0.2) is 53.1 Å². The molecule has 6 heteroatoms. The Kier molecular flexibility index (Phi) is 4.93. The summed E-state index contributed by atoms with van der Waals surface area (Å²) in [5, 5.41) is 5.78. The largest absolute Gasteiger partial charge is 0.496 e. The molecule has 3 rings (SSSR count). The third kappa shape index (κ3) is 3.13. The number of carbonyl (C=O) groups excluding carboxylic acids is 1. The quantitative estimate of drug-likeness (QED) is 0.773. The molecule has 0 saturated carbocycles. The average molecular weight is 352 g/mol. The van der Waals surface area contributed by atoms with E-state index >= 15 is 0 Å². The van der Waals surface area contributed by atoms with Crippen molar-refractivity contribution in [1.82, 2.24) is 0 Å². The van der Waals surface area contributed by atoms with Crippen molar-refractivity contribution in [1.29, 1.82) is 0 Å². The summed E-state index contributed by atoms with van der Waals surface area (Å²) in [6, 6.07) is 12.8. The molecule has 26 heavy (non-hydrogen) atoms. The first-order valence-electron chi connectivity index (χ1n) is 8.05. The maximum atomic E-state index is 12.9. The van der Waals surface area contributed by atoms with E-state index in [0.717, 1.165) is 0 Å². The lowest BCUT2D eigenvalue weighted by atomic mass is 10.0. The molecule has 0 aliphatic carbocycles. The summed E-state index contributed by atoms with van der Waals surface area (Å²) < 4.78 is 16.2. The van der Waals surface area contributed by atoms with Gasteiger partial charge >= 0.3 is 0 Å². The number of hydrogen-bond donors (Lipinski definition) is 0. The zero-order valence-electron chi connectivity index (χ0n) is 15.1. The molecule has 1 heterocycles. The number of rotatable bonds is 5. The summed E-state index contributed by atoms with van der Waals surface area (Å²) in [6.45, 7) is 1.80. The van der Waals surface area contributed by atoms with E-state index in [1.807, 2.05) is 30.3 Å². The molecule has 0 fully saturated rings. The predicted octanol–water partition coefficient (Wildman–Crippen LogP) is 3.52. The van der Waals surface area contributed by atoms with E-state index in [9.17, 15) is 4.79 Å². The maximum absolute atomic E-state index is 12.9. The van der Waals surface area contributed by atoms with Gasteiger partial charge in [-0.05, 0) is 25.1 Å². The van der Waals surface area contributed by atoms with Gasteiger partial charge in [0.15, 0.2) is 0 Å². The Morgan fingerprint density at radius 3 is 2.12 bits per heavy atom. The van der Waals surface area contributed by atoms with Crippen LogP contribution in [0.25, 0.3) is 6.08 Å². The highest BCUT2D eigenvalue weighted by Gasteiger charge is 2.29. The van der Waals surface area contributed by atoms with E-state index in [1.54, 1.807) is 46.5 Å². The fourth-order valence-corrected chi connectivity index (χ4v) is 2.75. The maximum Gasteiger partial charge on any atom is 0.280 e. The number of benzene rings is 2. The van der Waals surface area contributed by atoms with Gasteiger partial charge in [-0.15, -0.1) is 0 Å². The van der Waals surface area contributed by atoms with E-state index in [1.165, 1.54) is 5.01 Å². The van der Waals surface area contributed by atoms with Crippen molar-refractivity contribution in [2.24, 2.45) is 5.10 Å². The van der Waals surface area contributed by atoms with Crippen LogP contribution in [-0.4, -0.2) is 32.9 Å². The molecule has 6 nitrogen and oxygen atoms in total. The van der Waals surface area contributed by atoms with Crippen molar-refractivity contribution in [3.05, 3.63) is 53.6 Å². The molecule has 0 spiro atoms. The van der Waals surface area contributed by atoms with Gasteiger partial charge in [0, 0.05) is 12.1 Å². The number of para-hydroxylation sites is 1. The smallest absolute Gasteiger partial charge is 0.280 e. The van der Waals surface area contributed by atoms with E-state index in [-0.39, 0.29) is 5.91 Å². The van der Waals surface area contributed by atoms with Crippen LogP contribution in [0.2, 0.25) is 0 Å². The Balaban J connectivity index is 2.06. The zero-order valence-corrected chi connectivity index (χ0v) is 15.1. The summed E-state index contributed by atoms with van der Waals surface area (Å²) in [5.41, 5.74) is 2.48. The van der Waals surface area contributed by atoms with Gasteiger partial charge < -0.3 is 14.2 Å². The molecule has 0 unspecified atom stereocenters. The predicted molar refractivity (Wildman–Crippen MR) is 101 cm³/mol. The van der Waals surface area contributed by atoms with Crippen molar-refractivity contribution in [2.45, 2.75) is 6.92 Å². The molecule has 0 N–H and O–H groups in total. The van der Waals surface area contributed by atoms with Crippen LogP contribution in [0, 0.1) is 0 Å². The van der Waals surface area contributed by atoms with Gasteiger partial charge in [-0.2, -0.15) is 10.1 Å². The lowest BCUT2D eigenvalue weighted by molar-refractivity contribution is -0.114. The molecule has 0 aromatic heterocycles. The fourth-order valence-electron chi connectivity index (χ4n) is 2.75. The summed E-state index contributed by atoms with van der Waals surface area (Å²) in [5.74, 6) is 1.50. The summed E-state index contributed by atoms with van der Waals surface area (Å²) in [7, 11) is 4.69. The molecule has 2 aromatic rings. The second-order valence-corrected chi connectivity index (χ2v) is 5.64. The number of ether oxygens (including phenoxy) is 3. The molecule has 0 saturated heterocycles. The van der Waals surface area contributed by atoms with Gasteiger partial charge in [0.25, 0.3) is 5.91 Å². The Bertz CT molecular complexity index is 863. The molecule has 1 aliphatic heterocycles. The summed E-state index contributed by atoms with van der Waals surface area (Å²) in [6.07, 6.45) is 1.74. The molecule has 1 aliphatic rings. The van der Waals surface area contributed by atoms with E-state index < -0.39 is 0 Å². The normalized spacial score (nSPS) is 15.2. The number of carbonyl (C=O) groups is 1.